The summed E-state index contributed by atoms with van der Waals surface area (Å²) >= 11 is 0. The SMILES string of the molecule is Cc1cccc(C(=O)N2C[C@@H]3CCCN[C@@H]3C2)n1. The van der Waals surface area contributed by atoms with Crippen molar-refractivity contribution in [1.82, 2.24) is 15.2 Å². The van der Waals surface area contributed by atoms with Crippen LogP contribution in [-0.2, 0) is 0 Å². The lowest BCUT2D eigenvalue weighted by molar-refractivity contribution is 0.0779. The highest BCUT2D eigenvalue weighted by atomic mass is 16.2. The van der Waals surface area contributed by atoms with Crippen molar-refractivity contribution in [2.75, 3.05) is 19.6 Å². The smallest absolute Gasteiger partial charge is 0.272 e. The second-order valence-corrected chi connectivity index (χ2v) is 5.34. The molecular weight excluding hydrogens is 226 g/mol. The van der Waals surface area contributed by atoms with Crippen molar-refractivity contribution < 1.29 is 4.79 Å². The maximum atomic E-state index is 12.4. The third-order valence-corrected chi connectivity index (χ3v) is 3.99. The number of pyridine rings is 1. The summed E-state index contributed by atoms with van der Waals surface area (Å²) in [5.41, 5.74) is 1.48. The fourth-order valence-electron chi connectivity index (χ4n) is 3.04. The third kappa shape index (κ3) is 2.12. The van der Waals surface area contributed by atoms with E-state index in [1.807, 2.05) is 30.0 Å². The molecule has 0 spiro atoms. The zero-order valence-electron chi connectivity index (χ0n) is 10.7. The molecule has 96 valence electrons. The second-order valence-electron chi connectivity index (χ2n) is 5.34. The highest BCUT2D eigenvalue weighted by Gasteiger charge is 2.36. The summed E-state index contributed by atoms with van der Waals surface area (Å²) in [6.07, 6.45) is 2.47. The quantitative estimate of drug-likeness (QED) is 0.809. The number of aryl methyl sites for hydroxylation is 1. The van der Waals surface area contributed by atoms with E-state index in [0.29, 0.717) is 17.7 Å². The lowest BCUT2D eigenvalue weighted by Crippen LogP contribution is -2.41. The van der Waals surface area contributed by atoms with E-state index in [0.717, 1.165) is 25.3 Å². The number of fused-ring (bicyclic) bond motifs is 1. The number of hydrogen-bond donors (Lipinski definition) is 1. The molecule has 0 bridgehead atoms. The van der Waals surface area contributed by atoms with Gasteiger partial charge in [0, 0.05) is 24.8 Å². The first-order valence-electron chi connectivity index (χ1n) is 6.70. The van der Waals surface area contributed by atoms with Gasteiger partial charge in [-0.15, -0.1) is 0 Å². The molecule has 0 radical (unpaired) electrons. The maximum absolute atomic E-state index is 12.4. The van der Waals surface area contributed by atoms with Crippen LogP contribution in [0.4, 0.5) is 0 Å². The first-order valence-corrected chi connectivity index (χ1v) is 6.70. The topological polar surface area (TPSA) is 45.2 Å². The molecule has 1 aromatic rings. The van der Waals surface area contributed by atoms with Crippen molar-refractivity contribution in [2.24, 2.45) is 5.92 Å². The van der Waals surface area contributed by atoms with Crippen molar-refractivity contribution in [3.05, 3.63) is 29.6 Å². The van der Waals surface area contributed by atoms with Crippen LogP contribution in [0.25, 0.3) is 0 Å². The van der Waals surface area contributed by atoms with Crippen molar-refractivity contribution in [1.29, 1.82) is 0 Å². The number of hydrogen-bond acceptors (Lipinski definition) is 3. The minimum absolute atomic E-state index is 0.0786. The van der Waals surface area contributed by atoms with Gasteiger partial charge in [0.15, 0.2) is 0 Å². The molecule has 1 N–H and O–H groups in total. The molecule has 2 aliphatic rings. The van der Waals surface area contributed by atoms with Gasteiger partial charge in [0.05, 0.1) is 0 Å². The summed E-state index contributed by atoms with van der Waals surface area (Å²) < 4.78 is 0. The Labute approximate surface area is 107 Å². The largest absolute Gasteiger partial charge is 0.335 e. The van der Waals surface area contributed by atoms with Crippen molar-refractivity contribution in [2.45, 2.75) is 25.8 Å². The van der Waals surface area contributed by atoms with E-state index in [9.17, 15) is 4.79 Å². The predicted molar refractivity (Wildman–Crippen MR) is 69.4 cm³/mol. The van der Waals surface area contributed by atoms with Crippen LogP contribution in [0.1, 0.15) is 29.0 Å². The molecule has 4 heteroatoms. The molecule has 2 atom stereocenters. The lowest BCUT2D eigenvalue weighted by Gasteiger charge is -2.24. The number of nitrogens with zero attached hydrogens (tertiary/aromatic N) is 2. The Hall–Kier alpha value is -1.42. The lowest BCUT2D eigenvalue weighted by atomic mass is 9.94. The van der Waals surface area contributed by atoms with E-state index in [1.165, 1.54) is 12.8 Å². The number of aromatic nitrogens is 1. The molecule has 0 unspecified atom stereocenters. The minimum atomic E-state index is 0.0786. The summed E-state index contributed by atoms with van der Waals surface area (Å²) in [5, 5.41) is 3.51. The molecule has 4 nitrogen and oxygen atoms in total. The first kappa shape index (κ1) is 11.7. The molecule has 0 aromatic carbocycles. The molecule has 2 aliphatic heterocycles. The van der Waals surface area contributed by atoms with E-state index in [-0.39, 0.29) is 5.91 Å². The monoisotopic (exact) mass is 245 g/mol. The Balaban J connectivity index is 1.74. The third-order valence-electron chi connectivity index (χ3n) is 3.99. The van der Waals surface area contributed by atoms with E-state index in [1.54, 1.807) is 0 Å². The average molecular weight is 245 g/mol. The predicted octanol–water partition coefficient (Wildman–Crippen LogP) is 1.21. The Bertz CT molecular complexity index is 446. The van der Waals surface area contributed by atoms with Crippen molar-refractivity contribution in [3.8, 4) is 0 Å². The second kappa shape index (κ2) is 4.69. The van der Waals surface area contributed by atoms with E-state index >= 15 is 0 Å². The average Bonchev–Trinajstić information content (AvgIpc) is 2.81. The first-order chi connectivity index (χ1) is 8.74. The molecule has 1 amide bonds. The summed E-state index contributed by atoms with van der Waals surface area (Å²) in [7, 11) is 0. The molecule has 3 heterocycles. The standard InChI is InChI=1S/C14H19N3O/c1-10-4-2-6-12(16-10)14(18)17-8-11-5-3-7-15-13(11)9-17/h2,4,6,11,13,15H,3,5,7-9H2,1H3/t11-,13+/m0/s1. The molecule has 0 aliphatic carbocycles. The van der Waals surface area contributed by atoms with Crippen LogP contribution < -0.4 is 5.32 Å². The number of carbonyl (C=O) groups is 1. The number of likely N-dealkylation sites (tertiary alicyclic amines) is 1. The normalized spacial score (nSPS) is 27.1. The minimum Gasteiger partial charge on any atom is -0.335 e. The molecule has 0 saturated carbocycles. The molecule has 3 rings (SSSR count). The van der Waals surface area contributed by atoms with Crippen LogP contribution in [0.2, 0.25) is 0 Å². The van der Waals surface area contributed by atoms with Gasteiger partial charge in [-0.2, -0.15) is 0 Å². The van der Waals surface area contributed by atoms with Gasteiger partial charge in [-0.05, 0) is 44.4 Å². The Kier molecular flexibility index (Phi) is 3.04. The summed E-state index contributed by atoms with van der Waals surface area (Å²) in [5.74, 6) is 0.711. The summed E-state index contributed by atoms with van der Waals surface area (Å²) in [4.78, 5) is 18.7. The summed E-state index contributed by atoms with van der Waals surface area (Å²) in [6, 6.07) is 6.12. The number of amides is 1. The molecule has 2 saturated heterocycles. The van der Waals surface area contributed by atoms with E-state index < -0.39 is 0 Å². The van der Waals surface area contributed by atoms with Crippen LogP contribution in [0, 0.1) is 12.8 Å². The van der Waals surface area contributed by atoms with Gasteiger partial charge in [-0.3, -0.25) is 4.79 Å². The number of piperidine rings is 1. The fraction of sp³-hybridized carbons (Fsp3) is 0.571. The van der Waals surface area contributed by atoms with Gasteiger partial charge in [0.25, 0.3) is 5.91 Å². The zero-order valence-corrected chi connectivity index (χ0v) is 10.7. The van der Waals surface area contributed by atoms with Gasteiger partial charge < -0.3 is 10.2 Å². The van der Waals surface area contributed by atoms with Gasteiger partial charge >= 0.3 is 0 Å². The molecule has 2 fully saturated rings. The van der Waals surface area contributed by atoms with Crippen LogP contribution in [-0.4, -0.2) is 41.5 Å². The number of nitrogens with one attached hydrogen (secondary N) is 1. The van der Waals surface area contributed by atoms with Crippen molar-refractivity contribution >= 4 is 5.91 Å². The number of rotatable bonds is 1. The number of carbonyl (C=O) groups excluding carboxylic acids is 1. The van der Waals surface area contributed by atoms with E-state index in [2.05, 4.69) is 10.3 Å². The molecule has 18 heavy (non-hydrogen) atoms. The van der Waals surface area contributed by atoms with Gasteiger partial charge in [0.1, 0.15) is 5.69 Å². The Morgan fingerprint density at radius 3 is 3.11 bits per heavy atom. The molecule has 1 aromatic heterocycles. The van der Waals surface area contributed by atoms with Crippen LogP contribution in [0.5, 0.6) is 0 Å². The van der Waals surface area contributed by atoms with Crippen molar-refractivity contribution in [3.63, 3.8) is 0 Å². The van der Waals surface area contributed by atoms with Gasteiger partial charge in [0.2, 0.25) is 0 Å². The van der Waals surface area contributed by atoms with Gasteiger partial charge in [-0.1, -0.05) is 6.07 Å². The zero-order chi connectivity index (χ0) is 12.5. The Morgan fingerprint density at radius 1 is 1.44 bits per heavy atom. The molecular formula is C14H19N3O. The van der Waals surface area contributed by atoms with Crippen LogP contribution in [0.15, 0.2) is 18.2 Å². The van der Waals surface area contributed by atoms with Crippen LogP contribution >= 0.6 is 0 Å². The van der Waals surface area contributed by atoms with E-state index in [4.69, 9.17) is 0 Å². The Morgan fingerprint density at radius 2 is 2.33 bits per heavy atom. The maximum Gasteiger partial charge on any atom is 0.272 e. The highest BCUT2D eigenvalue weighted by Crippen LogP contribution is 2.25. The highest BCUT2D eigenvalue weighted by molar-refractivity contribution is 5.92. The van der Waals surface area contributed by atoms with Gasteiger partial charge in [-0.25, -0.2) is 4.98 Å². The van der Waals surface area contributed by atoms with Crippen LogP contribution in [0.3, 0.4) is 0 Å². The summed E-state index contributed by atoms with van der Waals surface area (Å²) in [6.45, 7) is 4.72. The fourth-order valence-corrected chi connectivity index (χ4v) is 3.04.